The summed E-state index contributed by atoms with van der Waals surface area (Å²) >= 11 is 0. The zero-order chi connectivity index (χ0) is 7.33. The van der Waals surface area contributed by atoms with E-state index in [2.05, 4.69) is 0 Å². The summed E-state index contributed by atoms with van der Waals surface area (Å²) in [6.07, 6.45) is 0.594. The normalized spacial score (nSPS) is 10.8. The highest BCUT2D eigenvalue weighted by Crippen LogP contribution is 2.18. The van der Waals surface area contributed by atoms with Gasteiger partial charge in [0.2, 0.25) is 0 Å². The third-order valence-electron chi connectivity index (χ3n) is 1.76. The van der Waals surface area contributed by atoms with Crippen molar-refractivity contribution in [3.63, 3.8) is 0 Å². The molecule has 0 fully saturated rings. The van der Waals surface area contributed by atoms with Crippen molar-refractivity contribution in [2.45, 2.75) is 13.3 Å². The molecule has 10 heavy (non-hydrogen) atoms. The van der Waals surface area contributed by atoms with Crippen molar-refractivity contribution >= 4 is 13.5 Å². The van der Waals surface area contributed by atoms with Crippen LogP contribution in [0.25, 0.3) is 0 Å². The molecule has 0 aromatic heterocycles. The molecule has 0 aliphatic rings. The van der Waals surface area contributed by atoms with Crippen molar-refractivity contribution in [3.8, 4) is 0 Å². The van der Waals surface area contributed by atoms with Crippen molar-refractivity contribution in [2.75, 3.05) is 19.8 Å². The van der Waals surface area contributed by atoms with Gasteiger partial charge in [-0.1, -0.05) is 6.92 Å². The molecule has 0 aliphatic heterocycles. The van der Waals surface area contributed by atoms with Crippen molar-refractivity contribution in [1.29, 1.82) is 0 Å². The Morgan fingerprint density at radius 3 is 1.30 bits per heavy atom. The van der Waals surface area contributed by atoms with Crippen LogP contribution in [0.15, 0.2) is 0 Å². The highest BCUT2D eigenvalue weighted by molar-refractivity contribution is 7.59. The van der Waals surface area contributed by atoms with Gasteiger partial charge in [-0.15, -0.1) is 0 Å². The summed E-state index contributed by atoms with van der Waals surface area (Å²) in [5, 5.41) is 26.0. The largest absolute Gasteiger partial charge is 0.396 e. The van der Waals surface area contributed by atoms with Crippen LogP contribution >= 0.6 is 13.5 Å². The third kappa shape index (κ3) is 2.88. The quantitative estimate of drug-likeness (QED) is 0.529. The Morgan fingerprint density at radius 1 is 1.00 bits per heavy atom. The minimum Gasteiger partial charge on any atom is -0.396 e. The van der Waals surface area contributed by atoms with E-state index in [0.717, 1.165) is 0 Å². The topological polar surface area (TPSA) is 60.7 Å². The van der Waals surface area contributed by atoms with E-state index in [9.17, 15) is 0 Å². The van der Waals surface area contributed by atoms with Crippen molar-refractivity contribution in [1.82, 2.24) is 0 Å². The average molecular weight is 168 g/mol. The lowest BCUT2D eigenvalue weighted by atomic mass is 9.88. The Balaban J connectivity index is 0. The third-order valence-corrected chi connectivity index (χ3v) is 1.76. The van der Waals surface area contributed by atoms with E-state index in [1.807, 2.05) is 6.92 Å². The van der Waals surface area contributed by atoms with Gasteiger partial charge < -0.3 is 15.3 Å². The Bertz CT molecular complexity index is 55.9. The molecule has 0 atom stereocenters. The summed E-state index contributed by atoms with van der Waals surface area (Å²) in [6.45, 7) is 1.35. The maximum Gasteiger partial charge on any atom is 0.0531 e. The van der Waals surface area contributed by atoms with Gasteiger partial charge in [0.1, 0.15) is 0 Å². The monoisotopic (exact) mass is 168 g/mol. The lowest BCUT2D eigenvalue weighted by Crippen LogP contribution is -2.32. The van der Waals surface area contributed by atoms with Gasteiger partial charge >= 0.3 is 0 Å². The molecule has 0 unspecified atom stereocenters. The van der Waals surface area contributed by atoms with Gasteiger partial charge in [0.15, 0.2) is 0 Å². The summed E-state index contributed by atoms with van der Waals surface area (Å²) in [5.74, 6) is 0. The Labute approximate surface area is 68.1 Å². The minimum absolute atomic E-state index is 0. The summed E-state index contributed by atoms with van der Waals surface area (Å²) in [6, 6.07) is 0. The van der Waals surface area contributed by atoms with Crippen LogP contribution in [0.1, 0.15) is 13.3 Å². The highest BCUT2D eigenvalue weighted by Gasteiger charge is 2.24. The van der Waals surface area contributed by atoms with Crippen LogP contribution in [0.3, 0.4) is 0 Å². The molecular formula is C6H16O3S. The lowest BCUT2D eigenvalue weighted by Gasteiger charge is -2.24. The fourth-order valence-corrected chi connectivity index (χ4v) is 0.485. The van der Waals surface area contributed by atoms with E-state index in [-0.39, 0.29) is 33.3 Å². The number of aliphatic hydroxyl groups is 3. The predicted molar refractivity (Wildman–Crippen MR) is 44.4 cm³/mol. The number of rotatable bonds is 4. The SMILES string of the molecule is CCC(CO)(CO)CO.S. The number of aliphatic hydroxyl groups excluding tert-OH is 3. The maximum absolute atomic E-state index is 8.66. The second-order valence-corrected chi connectivity index (χ2v) is 2.33. The first-order chi connectivity index (χ1) is 4.24. The molecule has 0 radical (unpaired) electrons. The first kappa shape index (κ1) is 12.9. The van der Waals surface area contributed by atoms with Gasteiger partial charge in [0.05, 0.1) is 19.8 Å². The summed E-state index contributed by atoms with van der Waals surface area (Å²) in [5.41, 5.74) is -0.667. The molecule has 0 spiro atoms. The van der Waals surface area contributed by atoms with E-state index < -0.39 is 5.41 Å². The zero-order valence-corrected chi connectivity index (χ0v) is 7.17. The van der Waals surface area contributed by atoms with Gasteiger partial charge in [0, 0.05) is 5.41 Å². The van der Waals surface area contributed by atoms with E-state index in [4.69, 9.17) is 15.3 Å². The van der Waals surface area contributed by atoms with Gasteiger partial charge in [-0.3, -0.25) is 0 Å². The fourth-order valence-electron chi connectivity index (χ4n) is 0.485. The number of hydrogen-bond donors (Lipinski definition) is 3. The van der Waals surface area contributed by atoms with E-state index in [1.165, 1.54) is 0 Å². The molecule has 0 rings (SSSR count). The summed E-state index contributed by atoms with van der Waals surface area (Å²) < 4.78 is 0. The van der Waals surface area contributed by atoms with Crippen LogP contribution in [-0.4, -0.2) is 35.1 Å². The highest BCUT2D eigenvalue weighted by atomic mass is 32.1. The van der Waals surface area contributed by atoms with Gasteiger partial charge in [-0.2, -0.15) is 13.5 Å². The van der Waals surface area contributed by atoms with Gasteiger partial charge in [0.25, 0.3) is 0 Å². The second kappa shape index (κ2) is 5.97. The molecule has 0 aromatic carbocycles. The Hall–Kier alpha value is 0.230. The van der Waals surface area contributed by atoms with Gasteiger partial charge in [-0.25, -0.2) is 0 Å². The van der Waals surface area contributed by atoms with Crippen molar-refractivity contribution in [3.05, 3.63) is 0 Å². The van der Waals surface area contributed by atoms with Crippen LogP contribution in [0.5, 0.6) is 0 Å². The molecule has 0 bridgehead atoms. The standard InChI is InChI=1S/C6H14O3.H2S/c1-2-6(3-7,4-8)5-9;/h7-9H,2-5H2,1H3;1H2. The van der Waals surface area contributed by atoms with Crippen LogP contribution in [0.4, 0.5) is 0 Å². The smallest absolute Gasteiger partial charge is 0.0531 e. The van der Waals surface area contributed by atoms with Crippen molar-refractivity contribution in [2.24, 2.45) is 5.41 Å². The zero-order valence-electron chi connectivity index (χ0n) is 6.17. The minimum atomic E-state index is -0.667. The molecule has 4 heteroatoms. The Kier molecular flexibility index (Phi) is 7.69. The van der Waals surface area contributed by atoms with Gasteiger partial charge in [-0.05, 0) is 6.42 Å². The summed E-state index contributed by atoms with van der Waals surface area (Å²) in [7, 11) is 0. The molecule has 0 aromatic rings. The molecule has 0 aliphatic carbocycles. The van der Waals surface area contributed by atoms with Crippen LogP contribution in [0.2, 0.25) is 0 Å². The van der Waals surface area contributed by atoms with Crippen LogP contribution < -0.4 is 0 Å². The molecule has 0 saturated carbocycles. The molecular weight excluding hydrogens is 152 g/mol. The molecule has 3 N–H and O–H groups in total. The van der Waals surface area contributed by atoms with Crippen molar-refractivity contribution < 1.29 is 15.3 Å². The van der Waals surface area contributed by atoms with E-state index >= 15 is 0 Å². The summed E-state index contributed by atoms with van der Waals surface area (Å²) in [4.78, 5) is 0. The molecule has 0 saturated heterocycles. The molecule has 3 nitrogen and oxygen atoms in total. The average Bonchev–Trinajstić information content (AvgIpc) is 1.95. The lowest BCUT2D eigenvalue weighted by molar-refractivity contribution is 0.00304. The molecule has 0 amide bonds. The molecule has 0 heterocycles. The first-order valence-electron chi connectivity index (χ1n) is 3.07. The van der Waals surface area contributed by atoms with E-state index in [1.54, 1.807) is 0 Å². The number of hydrogen-bond acceptors (Lipinski definition) is 3. The van der Waals surface area contributed by atoms with Crippen LogP contribution in [0, 0.1) is 5.41 Å². The predicted octanol–water partition coefficient (Wildman–Crippen LogP) is -0.527. The van der Waals surface area contributed by atoms with Crippen LogP contribution in [-0.2, 0) is 0 Å². The fraction of sp³-hybridized carbons (Fsp3) is 1.00. The maximum atomic E-state index is 8.66. The van der Waals surface area contributed by atoms with E-state index in [0.29, 0.717) is 6.42 Å². The second-order valence-electron chi connectivity index (χ2n) is 2.33. The molecule has 64 valence electrons. The first-order valence-corrected chi connectivity index (χ1v) is 3.07. The Morgan fingerprint density at radius 2 is 1.30 bits per heavy atom.